The minimum absolute atomic E-state index is 0.148. The zero-order valence-corrected chi connectivity index (χ0v) is 18.8. The number of hydrogen-bond acceptors (Lipinski definition) is 6. The van der Waals surface area contributed by atoms with Crippen molar-refractivity contribution in [1.82, 2.24) is 4.57 Å². The highest BCUT2D eigenvalue weighted by Crippen LogP contribution is 2.35. The summed E-state index contributed by atoms with van der Waals surface area (Å²) in [4.78, 5) is 18.6. The number of nitrogens with zero attached hydrogens (tertiary/aromatic N) is 2. The fraction of sp³-hybridized carbons (Fsp3) is 0.304. The largest absolute Gasteiger partial charge is 0.497 e. The molecule has 1 amide bonds. The third-order valence-corrected chi connectivity index (χ3v) is 6.82. The van der Waals surface area contributed by atoms with E-state index in [1.807, 2.05) is 41.0 Å². The van der Waals surface area contributed by atoms with E-state index in [2.05, 4.69) is 10.9 Å². The zero-order chi connectivity index (χ0) is 21.6. The van der Waals surface area contributed by atoms with Crippen molar-refractivity contribution < 1.29 is 19.0 Å². The standard InChI is InChI=1S/C23H22N2O4S2/c1-3-10-25-18-14-19-20(29-12-11-28-19)15-21(18)31-23(25)24-22(26)5-4-13-30-17-8-6-16(27-2)7-9-17/h1,6-9,14-15H,4-5,10-13H2,2H3. The number of benzene rings is 2. The van der Waals surface area contributed by atoms with Gasteiger partial charge in [0.1, 0.15) is 19.0 Å². The maximum atomic E-state index is 12.5. The molecule has 0 atom stereocenters. The summed E-state index contributed by atoms with van der Waals surface area (Å²) in [7, 11) is 1.65. The van der Waals surface area contributed by atoms with E-state index in [-0.39, 0.29) is 5.91 Å². The molecular weight excluding hydrogens is 432 g/mol. The first-order chi connectivity index (χ1) is 15.2. The van der Waals surface area contributed by atoms with E-state index in [1.165, 1.54) is 11.3 Å². The summed E-state index contributed by atoms with van der Waals surface area (Å²) in [5, 5.41) is 0. The van der Waals surface area contributed by atoms with Gasteiger partial charge in [-0.1, -0.05) is 17.3 Å². The molecular formula is C23H22N2O4S2. The van der Waals surface area contributed by atoms with E-state index >= 15 is 0 Å². The topological polar surface area (TPSA) is 62.1 Å². The average Bonchev–Trinajstić information content (AvgIpc) is 3.11. The van der Waals surface area contributed by atoms with Crippen LogP contribution in [0.3, 0.4) is 0 Å². The maximum absolute atomic E-state index is 12.5. The van der Waals surface area contributed by atoms with Gasteiger partial charge in [-0.2, -0.15) is 4.99 Å². The molecule has 0 saturated carbocycles. The molecule has 0 N–H and O–H groups in total. The Kier molecular flexibility index (Phi) is 6.85. The van der Waals surface area contributed by atoms with Crippen LogP contribution >= 0.6 is 23.1 Å². The van der Waals surface area contributed by atoms with Crippen LogP contribution in [-0.4, -0.2) is 36.6 Å². The van der Waals surface area contributed by atoms with Gasteiger partial charge in [-0.3, -0.25) is 4.79 Å². The van der Waals surface area contributed by atoms with Crippen LogP contribution in [0.1, 0.15) is 12.8 Å². The van der Waals surface area contributed by atoms with E-state index in [1.54, 1.807) is 18.9 Å². The van der Waals surface area contributed by atoms with E-state index in [9.17, 15) is 4.79 Å². The van der Waals surface area contributed by atoms with E-state index in [0.717, 1.165) is 33.0 Å². The summed E-state index contributed by atoms with van der Waals surface area (Å²) in [5.41, 5.74) is 0.897. The number of thiazole rings is 1. The SMILES string of the molecule is C#CCn1c(=NC(=O)CCCSc2ccc(OC)cc2)sc2cc3c(cc21)OCCO3. The summed E-state index contributed by atoms with van der Waals surface area (Å²) >= 11 is 3.14. The Morgan fingerprint density at radius 1 is 1.26 bits per heavy atom. The van der Waals surface area contributed by atoms with Crippen LogP contribution in [-0.2, 0) is 11.3 Å². The number of ether oxygens (including phenoxy) is 3. The lowest BCUT2D eigenvalue weighted by Gasteiger charge is -2.18. The second kappa shape index (κ2) is 9.94. The molecule has 2 heterocycles. The van der Waals surface area contributed by atoms with Crippen molar-refractivity contribution in [2.75, 3.05) is 26.1 Å². The molecule has 0 bridgehead atoms. The van der Waals surface area contributed by atoms with Crippen molar-refractivity contribution >= 4 is 39.2 Å². The highest BCUT2D eigenvalue weighted by atomic mass is 32.2. The lowest BCUT2D eigenvalue weighted by atomic mass is 10.2. The number of carbonyl (C=O) groups excluding carboxylic acids is 1. The fourth-order valence-electron chi connectivity index (χ4n) is 3.18. The van der Waals surface area contributed by atoms with Gasteiger partial charge < -0.3 is 18.8 Å². The predicted molar refractivity (Wildman–Crippen MR) is 123 cm³/mol. The number of thioether (sulfide) groups is 1. The molecule has 0 unspecified atom stereocenters. The van der Waals surface area contributed by atoms with Gasteiger partial charge in [0, 0.05) is 23.4 Å². The molecule has 2 aromatic carbocycles. The van der Waals surface area contributed by atoms with Crippen LogP contribution in [0.25, 0.3) is 10.2 Å². The quantitative estimate of drug-likeness (QED) is 0.305. The molecule has 0 radical (unpaired) electrons. The van der Waals surface area contributed by atoms with Crippen LogP contribution in [0.2, 0.25) is 0 Å². The van der Waals surface area contributed by atoms with Gasteiger partial charge >= 0.3 is 0 Å². The van der Waals surface area contributed by atoms with Gasteiger partial charge in [-0.25, -0.2) is 0 Å². The van der Waals surface area contributed by atoms with Gasteiger partial charge in [0.2, 0.25) is 5.91 Å². The van der Waals surface area contributed by atoms with Crippen molar-refractivity contribution in [3.8, 4) is 29.6 Å². The molecule has 0 spiro atoms. The molecule has 3 aromatic rings. The number of hydrogen-bond donors (Lipinski definition) is 0. The highest BCUT2D eigenvalue weighted by molar-refractivity contribution is 7.99. The summed E-state index contributed by atoms with van der Waals surface area (Å²) in [6.07, 6.45) is 6.69. The molecule has 160 valence electrons. The molecule has 6 nitrogen and oxygen atoms in total. The van der Waals surface area contributed by atoms with Crippen molar-refractivity contribution in [2.24, 2.45) is 4.99 Å². The molecule has 0 fully saturated rings. The third kappa shape index (κ3) is 5.06. The molecule has 8 heteroatoms. The van der Waals surface area contributed by atoms with Crippen LogP contribution in [0.5, 0.6) is 17.2 Å². The summed E-state index contributed by atoms with van der Waals surface area (Å²) in [5.74, 6) is 5.57. The molecule has 31 heavy (non-hydrogen) atoms. The first kappa shape index (κ1) is 21.3. The van der Waals surface area contributed by atoms with E-state index < -0.39 is 0 Å². The number of fused-ring (bicyclic) bond motifs is 2. The normalized spacial score (nSPS) is 13.2. The van der Waals surface area contributed by atoms with Crippen molar-refractivity contribution in [3.63, 3.8) is 0 Å². The predicted octanol–water partition coefficient (Wildman–Crippen LogP) is 4.12. The average molecular weight is 455 g/mol. The van der Waals surface area contributed by atoms with E-state index in [0.29, 0.717) is 42.5 Å². The molecule has 4 rings (SSSR count). The number of methoxy groups -OCH3 is 1. The summed E-state index contributed by atoms with van der Waals surface area (Å²) in [6, 6.07) is 11.7. The molecule has 1 aliphatic rings. The van der Waals surface area contributed by atoms with Crippen LogP contribution in [0.15, 0.2) is 46.3 Å². The Morgan fingerprint density at radius 2 is 2.00 bits per heavy atom. The van der Waals surface area contributed by atoms with Gasteiger partial charge in [-0.15, -0.1) is 18.2 Å². The Hall–Kier alpha value is -2.89. The van der Waals surface area contributed by atoms with Crippen LogP contribution in [0.4, 0.5) is 0 Å². The van der Waals surface area contributed by atoms with Crippen LogP contribution < -0.4 is 19.0 Å². The lowest BCUT2D eigenvalue weighted by molar-refractivity contribution is -0.118. The smallest absolute Gasteiger partial charge is 0.248 e. The van der Waals surface area contributed by atoms with Gasteiger partial charge in [0.15, 0.2) is 16.3 Å². The van der Waals surface area contributed by atoms with E-state index in [4.69, 9.17) is 20.6 Å². The second-order valence-corrected chi connectivity index (χ2v) is 8.95. The van der Waals surface area contributed by atoms with Crippen molar-refractivity contribution in [1.29, 1.82) is 0 Å². The lowest BCUT2D eigenvalue weighted by Crippen LogP contribution is -2.17. The zero-order valence-electron chi connectivity index (χ0n) is 17.1. The minimum Gasteiger partial charge on any atom is -0.497 e. The molecule has 0 aliphatic carbocycles. The molecule has 1 aliphatic heterocycles. The third-order valence-electron chi connectivity index (χ3n) is 4.68. The molecule has 1 aromatic heterocycles. The minimum atomic E-state index is -0.148. The van der Waals surface area contributed by atoms with Crippen molar-refractivity contribution in [3.05, 3.63) is 41.2 Å². The Morgan fingerprint density at radius 3 is 2.71 bits per heavy atom. The first-order valence-corrected chi connectivity index (χ1v) is 11.7. The number of carbonyl (C=O) groups is 1. The second-order valence-electron chi connectivity index (χ2n) is 6.77. The monoisotopic (exact) mass is 454 g/mol. The number of rotatable bonds is 7. The van der Waals surface area contributed by atoms with Gasteiger partial charge in [0.05, 0.1) is 23.9 Å². The summed E-state index contributed by atoms with van der Waals surface area (Å²) < 4.78 is 19.3. The Labute approximate surface area is 188 Å². The maximum Gasteiger partial charge on any atom is 0.248 e. The molecule has 0 saturated heterocycles. The fourth-order valence-corrected chi connectivity index (χ4v) is 5.09. The highest BCUT2D eigenvalue weighted by Gasteiger charge is 2.16. The van der Waals surface area contributed by atoms with Gasteiger partial charge in [0.25, 0.3) is 0 Å². The number of aromatic nitrogens is 1. The number of amides is 1. The number of terminal acetylenes is 1. The Balaban J connectivity index is 1.45. The Bertz CT molecular complexity index is 1190. The van der Waals surface area contributed by atoms with Crippen molar-refractivity contribution in [2.45, 2.75) is 24.3 Å². The van der Waals surface area contributed by atoms with Gasteiger partial charge in [-0.05, 0) is 36.4 Å². The summed E-state index contributed by atoms with van der Waals surface area (Å²) in [6.45, 7) is 1.37. The van der Waals surface area contributed by atoms with Crippen LogP contribution in [0, 0.1) is 12.3 Å². The first-order valence-electron chi connectivity index (χ1n) is 9.89.